The Morgan fingerprint density at radius 1 is 1.35 bits per heavy atom. The number of aryl methyl sites for hydroxylation is 1. The Kier molecular flexibility index (Phi) is 6.21. The number of rotatable bonds is 7. The third-order valence-corrected chi connectivity index (χ3v) is 4.12. The SMILES string of the molecule is CCCNC(CCCc1cccs1)C(C)(C)C. The Bertz CT molecular complexity index is 284. The summed E-state index contributed by atoms with van der Waals surface area (Å²) in [4.78, 5) is 1.52. The Balaban J connectivity index is 2.33. The fourth-order valence-electron chi connectivity index (χ4n) is 2.10. The lowest BCUT2D eigenvalue weighted by Crippen LogP contribution is -2.40. The van der Waals surface area contributed by atoms with Crippen LogP contribution >= 0.6 is 11.3 Å². The molecule has 0 aliphatic heterocycles. The van der Waals surface area contributed by atoms with Crippen LogP contribution in [0.4, 0.5) is 0 Å². The molecule has 1 rings (SSSR count). The molecule has 2 heteroatoms. The van der Waals surface area contributed by atoms with Crippen molar-refractivity contribution in [2.45, 2.75) is 59.4 Å². The lowest BCUT2D eigenvalue weighted by atomic mass is 9.83. The van der Waals surface area contributed by atoms with Crippen molar-refractivity contribution < 1.29 is 0 Å². The van der Waals surface area contributed by atoms with Crippen LogP contribution in [0.15, 0.2) is 17.5 Å². The molecule has 1 nitrogen and oxygen atoms in total. The van der Waals surface area contributed by atoms with Crippen molar-refractivity contribution in [2.24, 2.45) is 5.41 Å². The minimum Gasteiger partial charge on any atom is -0.313 e. The molecule has 17 heavy (non-hydrogen) atoms. The fourth-order valence-corrected chi connectivity index (χ4v) is 2.85. The molecule has 1 unspecified atom stereocenters. The summed E-state index contributed by atoms with van der Waals surface area (Å²) in [6, 6.07) is 5.04. The predicted molar refractivity (Wildman–Crippen MR) is 78.8 cm³/mol. The lowest BCUT2D eigenvalue weighted by molar-refractivity contribution is 0.251. The molecule has 0 saturated carbocycles. The van der Waals surface area contributed by atoms with Crippen LogP contribution in [-0.4, -0.2) is 12.6 Å². The zero-order valence-corrected chi connectivity index (χ0v) is 12.6. The first-order valence-corrected chi connectivity index (χ1v) is 7.67. The van der Waals surface area contributed by atoms with E-state index in [0.29, 0.717) is 11.5 Å². The van der Waals surface area contributed by atoms with Gasteiger partial charge in [0.15, 0.2) is 0 Å². The smallest absolute Gasteiger partial charge is 0.0116 e. The average molecular weight is 253 g/mol. The van der Waals surface area contributed by atoms with Crippen LogP contribution < -0.4 is 5.32 Å². The van der Waals surface area contributed by atoms with E-state index in [0.717, 1.165) is 6.54 Å². The van der Waals surface area contributed by atoms with E-state index in [1.165, 1.54) is 30.6 Å². The van der Waals surface area contributed by atoms with Crippen LogP contribution in [0, 0.1) is 5.41 Å². The molecule has 0 aliphatic rings. The van der Waals surface area contributed by atoms with Crippen molar-refractivity contribution in [2.75, 3.05) is 6.54 Å². The van der Waals surface area contributed by atoms with Crippen LogP contribution in [0.1, 0.15) is 51.8 Å². The highest BCUT2D eigenvalue weighted by Gasteiger charge is 2.23. The lowest BCUT2D eigenvalue weighted by Gasteiger charge is -2.31. The maximum atomic E-state index is 3.69. The summed E-state index contributed by atoms with van der Waals surface area (Å²) < 4.78 is 0. The highest BCUT2D eigenvalue weighted by atomic mass is 32.1. The van der Waals surface area contributed by atoms with Gasteiger partial charge in [-0.3, -0.25) is 0 Å². The van der Waals surface area contributed by atoms with Gasteiger partial charge in [-0.2, -0.15) is 0 Å². The van der Waals surface area contributed by atoms with Gasteiger partial charge >= 0.3 is 0 Å². The molecule has 0 aliphatic carbocycles. The van der Waals surface area contributed by atoms with Gasteiger partial charge in [0.2, 0.25) is 0 Å². The second kappa shape index (κ2) is 7.17. The van der Waals surface area contributed by atoms with E-state index < -0.39 is 0 Å². The molecular weight excluding hydrogens is 226 g/mol. The molecule has 1 aromatic rings. The Morgan fingerprint density at radius 3 is 2.65 bits per heavy atom. The molecule has 0 saturated heterocycles. The summed E-state index contributed by atoms with van der Waals surface area (Å²) in [7, 11) is 0. The molecule has 1 N–H and O–H groups in total. The molecular formula is C15H27NS. The minimum absolute atomic E-state index is 0.366. The highest BCUT2D eigenvalue weighted by Crippen LogP contribution is 2.24. The molecule has 1 aromatic heterocycles. The number of nitrogens with one attached hydrogen (secondary N) is 1. The van der Waals surface area contributed by atoms with Gasteiger partial charge in [-0.15, -0.1) is 11.3 Å². The summed E-state index contributed by atoms with van der Waals surface area (Å²) in [5.74, 6) is 0. The van der Waals surface area contributed by atoms with E-state index in [1.54, 1.807) is 0 Å². The van der Waals surface area contributed by atoms with Gasteiger partial charge in [0.05, 0.1) is 0 Å². The van der Waals surface area contributed by atoms with Crippen molar-refractivity contribution in [1.29, 1.82) is 0 Å². The van der Waals surface area contributed by atoms with Crippen molar-refractivity contribution in [3.8, 4) is 0 Å². The van der Waals surface area contributed by atoms with Crippen LogP contribution in [0.2, 0.25) is 0 Å². The fraction of sp³-hybridized carbons (Fsp3) is 0.733. The summed E-state index contributed by atoms with van der Waals surface area (Å²) in [5.41, 5.74) is 0.366. The Hall–Kier alpha value is -0.340. The molecule has 0 radical (unpaired) electrons. The molecule has 98 valence electrons. The van der Waals surface area contributed by atoms with Gasteiger partial charge in [0, 0.05) is 10.9 Å². The molecule has 0 amide bonds. The maximum Gasteiger partial charge on any atom is 0.0116 e. The first kappa shape index (κ1) is 14.7. The average Bonchev–Trinajstić information content (AvgIpc) is 2.74. The zero-order chi connectivity index (χ0) is 12.7. The summed E-state index contributed by atoms with van der Waals surface area (Å²) in [6.45, 7) is 10.4. The quantitative estimate of drug-likeness (QED) is 0.755. The zero-order valence-electron chi connectivity index (χ0n) is 11.8. The first-order chi connectivity index (χ1) is 8.04. The number of thiophene rings is 1. The maximum absolute atomic E-state index is 3.69. The third kappa shape index (κ3) is 5.69. The largest absolute Gasteiger partial charge is 0.313 e. The summed E-state index contributed by atoms with van der Waals surface area (Å²) >= 11 is 1.88. The standard InChI is InChI=1S/C15H27NS/c1-5-11-16-14(15(2,3)4)10-6-8-13-9-7-12-17-13/h7,9,12,14,16H,5-6,8,10-11H2,1-4H3. The van der Waals surface area contributed by atoms with Crippen molar-refractivity contribution in [1.82, 2.24) is 5.32 Å². The van der Waals surface area contributed by atoms with Crippen LogP contribution in [0.25, 0.3) is 0 Å². The molecule has 0 fully saturated rings. The van der Waals surface area contributed by atoms with Crippen LogP contribution in [0.5, 0.6) is 0 Å². The monoisotopic (exact) mass is 253 g/mol. The van der Waals surface area contributed by atoms with Gasteiger partial charge in [-0.25, -0.2) is 0 Å². The van der Waals surface area contributed by atoms with Gasteiger partial charge < -0.3 is 5.32 Å². The highest BCUT2D eigenvalue weighted by molar-refractivity contribution is 7.09. The molecule has 0 aromatic carbocycles. The van der Waals surface area contributed by atoms with E-state index in [4.69, 9.17) is 0 Å². The topological polar surface area (TPSA) is 12.0 Å². The molecule has 0 spiro atoms. The van der Waals surface area contributed by atoms with Crippen molar-refractivity contribution >= 4 is 11.3 Å². The Labute approximate surface area is 111 Å². The molecule has 1 heterocycles. The second-order valence-electron chi connectivity index (χ2n) is 5.84. The Morgan fingerprint density at radius 2 is 2.12 bits per heavy atom. The van der Waals surface area contributed by atoms with Crippen LogP contribution in [-0.2, 0) is 6.42 Å². The predicted octanol–water partition coefficient (Wildman–Crippen LogP) is 4.49. The van der Waals surface area contributed by atoms with Gasteiger partial charge in [0.25, 0.3) is 0 Å². The number of hydrogen-bond acceptors (Lipinski definition) is 2. The number of hydrogen-bond donors (Lipinski definition) is 1. The van der Waals surface area contributed by atoms with Crippen LogP contribution in [0.3, 0.4) is 0 Å². The van der Waals surface area contributed by atoms with E-state index in [2.05, 4.69) is 50.5 Å². The summed E-state index contributed by atoms with van der Waals surface area (Å²) in [5, 5.41) is 5.87. The van der Waals surface area contributed by atoms with Gasteiger partial charge in [0.1, 0.15) is 0 Å². The van der Waals surface area contributed by atoms with Crippen molar-refractivity contribution in [3.05, 3.63) is 22.4 Å². The first-order valence-electron chi connectivity index (χ1n) is 6.79. The minimum atomic E-state index is 0.366. The van der Waals surface area contributed by atoms with Gasteiger partial charge in [-0.05, 0) is 49.1 Å². The normalized spacial score (nSPS) is 13.9. The third-order valence-electron chi connectivity index (χ3n) is 3.18. The van der Waals surface area contributed by atoms with E-state index in [1.807, 2.05) is 11.3 Å². The summed E-state index contributed by atoms with van der Waals surface area (Å²) in [6.07, 6.45) is 5.02. The van der Waals surface area contributed by atoms with Crippen molar-refractivity contribution in [3.63, 3.8) is 0 Å². The second-order valence-corrected chi connectivity index (χ2v) is 6.88. The van der Waals surface area contributed by atoms with E-state index >= 15 is 0 Å². The van der Waals surface area contributed by atoms with E-state index in [-0.39, 0.29) is 0 Å². The van der Waals surface area contributed by atoms with Gasteiger partial charge in [-0.1, -0.05) is 33.8 Å². The van der Waals surface area contributed by atoms with E-state index in [9.17, 15) is 0 Å². The molecule has 1 atom stereocenters. The molecule has 0 bridgehead atoms.